The molecule has 5 heteroatoms. The Morgan fingerprint density at radius 1 is 1.36 bits per heavy atom. The first-order valence-corrected chi connectivity index (χ1v) is 8.05. The van der Waals surface area contributed by atoms with Gasteiger partial charge in [-0.3, -0.25) is 4.79 Å². The predicted molar refractivity (Wildman–Crippen MR) is 85.6 cm³/mol. The Hall–Kier alpha value is -2.04. The number of rotatable bonds is 4. The van der Waals surface area contributed by atoms with Crippen LogP contribution >= 0.6 is 0 Å². The molecule has 0 bridgehead atoms. The minimum atomic E-state index is 0.206. The summed E-state index contributed by atoms with van der Waals surface area (Å²) in [5, 5.41) is 0. The molecule has 2 aromatic heterocycles. The molecule has 0 aromatic carbocycles. The summed E-state index contributed by atoms with van der Waals surface area (Å²) < 4.78 is 4.30. The zero-order valence-corrected chi connectivity index (χ0v) is 13.4. The van der Waals surface area contributed by atoms with Crippen LogP contribution in [0.4, 0.5) is 0 Å². The largest absolute Gasteiger partial charge is 0.351 e. The van der Waals surface area contributed by atoms with Gasteiger partial charge in [-0.15, -0.1) is 0 Å². The molecule has 118 valence electrons. The Morgan fingerprint density at radius 2 is 2.14 bits per heavy atom. The van der Waals surface area contributed by atoms with E-state index in [-0.39, 0.29) is 11.9 Å². The Morgan fingerprint density at radius 3 is 2.82 bits per heavy atom. The molecule has 1 aliphatic heterocycles. The van der Waals surface area contributed by atoms with Gasteiger partial charge in [0.1, 0.15) is 5.82 Å². The van der Waals surface area contributed by atoms with Crippen LogP contribution < -0.4 is 0 Å². The second-order valence-electron chi connectivity index (χ2n) is 6.20. The molecule has 2 atom stereocenters. The second kappa shape index (κ2) is 6.38. The third-order valence-corrected chi connectivity index (χ3v) is 4.61. The first-order chi connectivity index (χ1) is 10.6. The highest BCUT2D eigenvalue weighted by Gasteiger charge is 2.26. The highest BCUT2D eigenvalue weighted by molar-refractivity contribution is 5.76. The van der Waals surface area contributed by atoms with E-state index in [1.807, 2.05) is 48.7 Å². The maximum Gasteiger partial charge on any atom is 0.224 e. The standard InChI is InChI=1S/C17H24N4O/c1-14(19-8-3-4-9-19)12-17(22)20-10-5-6-16(13-20)21-11-7-18-15(21)2/h3-4,7-9,11,14,16H,5-6,10,12-13H2,1-2H3/t14-,16-/m0/s1. The fourth-order valence-electron chi connectivity index (χ4n) is 3.31. The number of hydrogen-bond donors (Lipinski definition) is 0. The third kappa shape index (κ3) is 3.08. The lowest BCUT2D eigenvalue weighted by Gasteiger charge is -2.34. The van der Waals surface area contributed by atoms with Gasteiger partial charge in [0.05, 0.1) is 6.04 Å². The lowest BCUT2D eigenvalue weighted by Crippen LogP contribution is -2.41. The minimum absolute atomic E-state index is 0.206. The van der Waals surface area contributed by atoms with Crippen LogP contribution in [0.3, 0.4) is 0 Å². The number of aryl methyl sites for hydroxylation is 1. The topological polar surface area (TPSA) is 43.1 Å². The van der Waals surface area contributed by atoms with E-state index in [0.29, 0.717) is 12.5 Å². The highest BCUT2D eigenvalue weighted by atomic mass is 16.2. The van der Waals surface area contributed by atoms with E-state index < -0.39 is 0 Å². The molecule has 0 aliphatic carbocycles. The van der Waals surface area contributed by atoms with Gasteiger partial charge in [-0.05, 0) is 38.8 Å². The molecule has 1 amide bonds. The van der Waals surface area contributed by atoms with E-state index in [2.05, 4.69) is 21.0 Å². The van der Waals surface area contributed by atoms with Crippen LogP contribution in [0.15, 0.2) is 36.9 Å². The number of nitrogens with zero attached hydrogens (tertiary/aromatic N) is 4. The molecule has 3 rings (SSSR count). The highest BCUT2D eigenvalue weighted by Crippen LogP contribution is 2.24. The average Bonchev–Trinajstić information content (AvgIpc) is 3.18. The van der Waals surface area contributed by atoms with Crippen molar-refractivity contribution in [3.63, 3.8) is 0 Å². The SMILES string of the molecule is Cc1nccn1[C@H]1CCCN(C(=O)C[C@H](C)n2cccc2)C1. The van der Waals surface area contributed by atoms with Crippen molar-refractivity contribution in [2.24, 2.45) is 0 Å². The number of likely N-dealkylation sites (tertiary alicyclic amines) is 1. The number of carbonyl (C=O) groups is 1. The van der Waals surface area contributed by atoms with Crippen LogP contribution in [0.5, 0.6) is 0 Å². The first kappa shape index (κ1) is 14.9. The maximum atomic E-state index is 12.6. The number of aromatic nitrogens is 3. The van der Waals surface area contributed by atoms with E-state index in [0.717, 1.165) is 31.8 Å². The zero-order chi connectivity index (χ0) is 15.5. The molecule has 5 nitrogen and oxygen atoms in total. The van der Waals surface area contributed by atoms with Crippen LogP contribution in [0.1, 0.15) is 44.1 Å². The van der Waals surface area contributed by atoms with Crippen LogP contribution in [0, 0.1) is 6.92 Å². The number of imidazole rings is 1. The third-order valence-electron chi connectivity index (χ3n) is 4.61. The molecule has 0 unspecified atom stereocenters. The van der Waals surface area contributed by atoms with Gasteiger partial charge in [0.2, 0.25) is 5.91 Å². The Balaban J connectivity index is 1.62. The van der Waals surface area contributed by atoms with E-state index in [9.17, 15) is 4.79 Å². The fourth-order valence-corrected chi connectivity index (χ4v) is 3.31. The van der Waals surface area contributed by atoms with Gasteiger partial charge in [-0.25, -0.2) is 4.98 Å². The summed E-state index contributed by atoms with van der Waals surface area (Å²) in [7, 11) is 0. The molecular formula is C17H24N4O. The summed E-state index contributed by atoms with van der Waals surface area (Å²) in [6, 6.07) is 4.57. The zero-order valence-electron chi connectivity index (χ0n) is 13.4. The van der Waals surface area contributed by atoms with Crippen molar-refractivity contribution in [3.8, 4) is 0 Å². The first-order valence-electron chi connectivity index (χ1n) is 8.05. The fraction of sp³-hybridized carbons (Fsp3) is 0.529. The average molecular weight is 300 g/mol. The molecular weight excluding hydrogens is 276 g/mol. The maximum absolute atomic E-state index is 12.6. The van der Waals surface area contributed by atoms with E-state index >= 15 is 0 Å². The second-order valence-corrected chi connectivity index (χ2v) is 6.20. The summed E-state index contributed by atoms with van der Waals surface area (Å²) in [5.74, 6) is 1.28. The Labute approximate surface area is 131 Å². The molecule has 0 spiro atoms. The van der Waals surface area contributed by atoms with Gasteiger partial charge in [0, 0.05) is 50.3 Å². The van der Waals surface area contributed by atoms with Crippen molar-refractivity contribution in [2.75, 3.05) is 13.1 Å². The van der Waals surface area contributed by atoms with Gasteiger partial charge in [0.25, 0.3) is 0 Å². The summed E-state index contributed by atoms with van der Waals surface area (Å²) in [6.07, 6.45) is 10.6. The summed E-state index contributed by atoms with van der Waals surface area (Å²) in [6.45, 7) is 5.80. The normalized spacial score (nSPS) is 20.1. The summed E-state index contributed by atoms with van der Waals surface area (Å²) in [5.41, 5.74) is 0. The lowest BCUT2D eigenvalue weighted by molar-refractivity contribution is -0.133. The van der Waals surface area contributed by atoms with Gasteiger partial charge in [-0.2, -0.15) is 0 Å². The number of piperidine rings is 1. The van der Waals surface area contributed by atoms with Gasteiger partial charge in [0.15, 0.2) is 0 Å². The minimum Gasteiger partial charge on any atom is -0.351 e. The van der Waals surface area contributed by atoms with Gasteiger partial charge >= 0.3 is 0 Å². The van der Waals surface area contributed by atoms with Gasteiger partial charge in [-0.1, -0.05) is 0 Å². The van der Waals surface area contributed by atoms with Crippen molar-refractivity contribution in [1.82, 2.24) is 19.0 Å². The summed E-state index contributed by atoms with van der Waals surface area (Å²) >= 11 is 0. The van der Waals surface area contributed by atoms with Crippen molar-refractivity contribution < 1.29 is 4.79 Å². The Kier molecular flexibility index (Phi) is 4.32. The van der Waals surface area contributed by atoms with Crippen molar-refractivity contribution in [1.29, 1.82) is 0 Å². The van der Waals surface area contributed by atoms with E-state index in [1.54, 1.807) is 0 Å². The van der Waals surface area contributed by atoms with Crippen LogP contribution in [-0.4, -0.2) is 38.0 Å². The number of hydrogen-bond acceptors (Lipinski definition) is 2. The molecule has 0 radical (unpaired) electrons. The monoisotopic (exact) mass is 300 g/mol. The lowest BCUT2D eigenvalue weighted by atomic mass is 10.0. The smallest absolute Gasteiger partial charge is 0.224 e. The Bertz CT molecular complexity index is 616. The molecule has 22 heavy (non-hydrogen) atoms. The van der Waals surface area contributed by atoms with Crippen molar-refractivity contribution in [3.05, 3.63) is 42.7 Å². The van der Waals surface area contributed by atoms with E-state index in [4.69, 9.17) is 0 Å². The van der Waals surface area contributed by atoms with E-state index in [1.165, 1.54) is 0 Å². The molecule has 2 aromatic rings. The molecule has 0 N–H and O–H groups in total. The number of carbonyl (C=O) groups excluding carboxylic acids is 1. The predicted octanol–water partition coefficient (Wildman–Crippen LogP) is 2.81. The molecule has 0 saturated carbocycles. The summed E-state index contributed by atoms with van der Waals surface area (Å²) in [4.78, 5) is 18.9. The van der Waals surface area contributed by atoms with Crippen molar-refractivity contribution in [2.45, 2.75) is 45.2 Å². The quantitative estimate of drug-likeness (QED) is 0.871. The molecule has 1 saturated heterocycles. The van der Waals surface area contributed by atoms with Crippen molar-refractivity contribution >= 4 is 5.91 Å². The van der Waals surface area contributed by atoms with Gasteiger partial charge < -0.3 is 14.0 Å². The molecule has 1 aliphatic rings. The van der Waals surface area contributed by atoms with Crippen LogP contribution in [0.25, 0.3) is 0 Å². The molecule has 3 heterocycles. The number of amides is 1. The molecule has 1 fully saturated rings. The van der Waals surface area contributed by atoms with Crippen LogP contribution in [-0.2, 0) is 4.79 Å². The van der Waals surface area contributed by atoms with Crippen LogP contribution in [0.2, 0.25) is 0 Å².